The number of hydrogen-bond donors (Lipinski definition) is 1. The van der Waals surface area contributed by atoms with E-state index in [1.807, 2.05) is 0 Å². The van der Waals surface area contributed by atoms with E-state index in [1.54, 1.807) is 30.5 Å². The van der Waals surface area contributed by atoms with Crippen molar-refractivity contribution in [3.05, 3.63) is 52.3 Å². The lowest BCUT2D eigenvalue weighted by Crippen LogP contribution is -2.24. The molecule has 0 unspecified atom stereocenters. The van der Waals surface area contributed by atoms with E-state index in [1.165, 1.54) is 0 Å². The number of ether oxygens (including phenoxy) is 2. The van der Waals surface area contributed by atoms with Crippen LogP contribution in [0, 0.1) is 13.8 Å². The molecule has 1 aromatic carbocycles. The number of hydrogen-bond acceptors (Lipinski definition) is 4. The molecular formula is C20H24ClN3O3. The highest BCUT2D eigenvalue weighted by atomic mass is 35.5. The zero-order valence-electron chi connectivity index (χ0n) is 15.6. The van der Waals surface area contributed by atoms with Gasteiger partial charge in [0.15, 0.2) is 6.61 Å². The molecule has 1 aliphatic rings. The molecule has 2 heterocycles. The fourth-order valence-electron chi connectivity index (χ4n) is 3.12. The molecular weight excluding hydrogens is 366 g/mol. The zero-order chi connectivity index (χ0) is 19.2. The van der Waals surface area contributed by atoms with E-state index in [4.69, 9.17) is 21.1 Å². The minimum absolute atomic E-state index is 0.114. The summed E-state index contributed by atoms with van der Waals surface area (Å²) in [6.07, 6.45) is 4.17. The first-order valence-corrected chi connectivity index (χ1v) is 9.39. The molecule has 2 aromatic rings. The SMILES string of the molecule is Cc1cc(/C=N\NC(=O)COc2ccc(Cl)cc2)c(C)n1C[C@@H]1CCCO1. The van der Waals surface area contributed by atoms with Crippen molar-refractivity contribution in [2.24, 2.45) is 5.10 Å². The van der Waals surface area contributed by atoms with Crippen molar-refractivity contribution in [1.82, 2.24) is 9.99 Å². The van der Waals surface area contributed by atoms with Crippen LogP contribution in [0.4, 0.5) is 0 Å². The number of carbonyl (C=O) groups excluding carboxylic acids is 1. The molecule has 0 radical (unpaired) electrons. The number of aryl methyl sites for hydroxylation is 1. The van der Waals surface area contributed by atoms with Gasteiger partial charge in [-0.3, -0.25) is 4.79 Å². The number of halogens is 1. The molecule has 1 amide bonds. The van der Waals surface area contributed by atoms with Gasteiger partial charge in [-0.05, 0) is 57.0 Å². The maximum Gasteiger partial charge on any atom is 0.277 e. The predicted molar refractivity (Wildman–Crippen MR) is 106 cm³/mol. The lowest BCUT2D eigenvalue weighted by Gasteiger charge is -2.14. The molecule has 0 spiro atoms. The number of nitrogens with one attached hydrogen (secondary N) is 1. The molecule has 1 atom stereocenters. The van der Waals surface area contributed by atoms with Gasteiger partial charge in [0.2, 0.25) is 0 Å². The van der Waals surface area contributed by atoms with Crippen molar-refractivity contribution >= 4 is 23.7 Å². The summed E-state index contributed by atoms with van der Waals surface area (Å²) in [6.45, 7) is 5.71. The van der Waals surface area contributed by atoms with Gasteiger partial charge in [-0.15, -0.1) is 0 Å². The van der Waals surface area contributed by atoms with E-state index in [0.29, 0.717) is 10.8 Å². The quantitative estimate of drug-likeness (QED) is 0.582. The summed E-state index contributed by atoms with van der Waals surface area (Å²) in [5.74, 6) is 0.255. The summed E-state index contributed by atoms with van der Waals surface area (Å²) in [6, 6.07) is 8.90. The van der Waals surface area contributed by atoms with Crippen LogP contribution in [0.25, 0.3) is 0 Å². The highest BCUT2D eigenvalue weighted by Gasteiger charge is 2.18. The number of amides is 1. The smallest absolute Gasteiger partial charge is 0.277 e. The molecule has 0 aliphatic carbocycles. The third kappa shape index (κ3) is 5.34. The lowest BCUT2D eigenvalue weighted by molar-refractivity contribution is -0.123. The molecule has 1 N–H and O–H groups in total. The second kappa shape index (κ2) is 9.06. The average Bonchev–Trinajstić information content (AvgIpc) is 3.25. The maximum atomic E-state index is 11.9. The van der Waals surface area contributed by atoms with E-state index < -0.39 is 0 Å². The Labute approximate surface area is 164 Å². The molecule has 6 nitrogen and oxygen atoms in total. The molecule has 1 aliphatic heterocycles. The van der Waals surface area contributed by atoms with Crippen LogP contribution in [0.5, 0.6) is 5.75 Å². The van der Waals surface area contributed by atoms with Crippen LogP contribution < -0.4 is 10.2 Å². The van der Waals surface area contributed by atoms with E-state index in [-0.39, 0.29) is 18.6 Å². The fourth-order valence-corrected chi connectivity index (χ4v) is 3.24. The second-order valence-corrected chi connectivity index (χ2v) is 7.04. The molecule has 27 heavy (non-hydrogen) atoms. The molecule has 3 rings (SSSR count). The number of benzene rings is 1. The van der Waals surface area contributed by atoms with E-state index in [9.17, 15) is 4.79 Å². The van der Waals surface area contributed by atoms with E-state index in [2.05, 4.69) is 35.0 Å². The number of aromatic nitrogens is 1. The Hall–Kier alpha value is -2.31. The van der Waals surface area contributed by atoms with Crippen molar-refractivity contribution < 1.29 is 14.3 Å². The molecule has 0 bridgehead atoms. The molecule has 144 valence electrons. The maximum absolute atomic E-state index is 11.9. The van der Waals surface area contributed by atoms with Crippen LogP contribution in [0.2, 0.25) is 5.02 Å². The van der Waals surface area contributed by atoms with Crippen LogP contribution >= 0.6 is 11.6 Å². The van der Waals surface area contributed by atoms with Gasteiger partial charge < -0.3 is 14.0 Å². The minimum atomic E-state index is -0.325. The Balaban J connectivity index is 1.51. The van der Waals surface area contributed by atoms with Crippen LogP contribution in [0.3, 0.4) is 0 Å². The summed E-state index contributed by atoms with van der Waals surface area (Å²) in [5.41, 5.74) is 5.73. The van der Waals surface area contributed by atoms with Gasteiger partial charge in [-0.25, -0.2) is 5.43 Å². The van der Waals surface area contributed by atoms with Crippen molar-refractivity contribution in [2.75, 3.05) is 13.2 Å². The number of nitrogens with zero attached hydrogens (tertiary/aromatic N) is 2. The summed E-state index contributed by atoms with van der Waals surface area (Å²) in [7, 11) is 0. The largest absolute Gasteiger partial charge is 0.484 e. The third-order valence-electron chi connectivity index (χ3n) is 4.60. The summed E-state index contributed by atoms with van der Waals surface area (Å²) < 4.78 is 13.3. The highest BCUT2D eigenvalue weighted by Crippen LogP contribution is 2.19. The minimum Gasteiger partial charge on any atom is -0.484 e. The van der Waals surface area contributed by atoms with Crippen molar-refractivity contribution in [1.29, 1.82) is 0 Å². The topological polar surface area (TPSA) is 64.8 Å². The zero-order valence-corrected chi connectivity index (χ0v) is 16.3. The predicted octanol–water partition coefficient (Wildman–Crippen LogP) is 3.47. The molecule has 1 saturated heterocycles. The van der Waals surface area contributed by atoms with Gasteiger partial charge >= 0.3 is 0 Å². The van der Waals surface area contributed by atoms with Gasteiger partial charge in [-0.1, -0.05) is 11.6 Å². The third-order valence-corrected chi connectivity index (χ3v) is 4.85. The number of rotatable bonds is 7. The van der Waals surface area contributed by atoms with Crippen molar-refractivity contribution in [2.45, 2.75) is 39.3 Å². The van der Waals surface area contributed by atoms with Crippen LogP contribution in [-0.2, 0) is 16.1 Å². The Morgan fingerprint density at radius 3 is 2.89 bits per heavy atom. The Kier molecular flexibility index (Phi) is 6.53. The van der Waals surface area contributed by atoms with Crippen LogP contribution in [0.1, 0.15) is 29.8 Å². The Morgan fingerprint density at radius 2 is 2.19 bits per heavy atom. The van der Waals surface area contributed by atoms with Crippen LogP contribution in [0.15, 0.2) is 35.4 Å². The molecule has 1 aromatic heterocycles. The number of carbonyl (C=O) groups is 1. The standard InChI is InChI=1S/C20H24ClN3O3/c1-14-10-16(15(2)24(14)12-19-4-3-9-26-19)11-22-23-20(25)13-27-18-7-5-17(21)6-8-18/h5-8,10-11,19H,3-4,9,12-13H2,1-2H3,(H,23,25)/b22-11-/t19-/m0/s1. The van der Waals surface area contributed by atoms with Crippen molar-refractivity contribution in [3.8, 4) is 5.75 Å². The highest BCUT2D eigenvalue weighted by molar-refractivity contribution is 6.30. The first kappa shape index (κ1) is 19.5. The summed E-state index contributed by atoms with van der Waals surface area (Å²) in [4.78, 5) is 11.9. The molecule has 7 heteroatoms. The Morgan fingerprint density at radius 1 is 1.41 bits per heavy atom. The van der Waals surface area contributed by atoms with E-state index >= 15 is 0 Å². The van der Waals surface area contributed by atoms with E-state index in [0.717, 1.165) is 42.9 Å². The molecule has 0 saturated carbocycles. The van der Waals surface area contributed by atoms with Crippen molar-refractivity contribution in [3.63, 3.8) is 0 Å². The van der Waals surface area contributed by atoms with Gasteiger partial charge in [0.25, 0.3) is 5.91 Å². The Bertz CT molecular complexity index is 809. The van der Waals surface area contributed by atoms with Gasteiger partial charge in [0.05, 0.1) is 12.3 Å². The monoisotopic (exact) mass is 389 g/mol. The lowest BCUT2D eigenvalue weighted by atomic mass is 10.2. The first-order valence-electron chi connectivity index (χ1n) is 9.01. The fraction of sp³-hybridized carbons (Fsp3) is 0.400. The summed E-state index contributed by atoms with van der Waals surface area (Å²) in [5, 5.41) is 4.66. The molecule has 1 fully saturated rings. The summed E-state index contributed by atoms with van der Waals surface area (Å²) >= 11 is 5.81. The number of hydrazone groups is 1. The first-order chi connectivity index (χ1) is 13.0. The van der Waals surface area contributed by atoms with Gasteiger partial charge in [0, 0.05) is 35.1 Å². The van der Waals surface area contributed by atoms with Gasteiger partial charge in [0.1, 0.15) is 5.75 Å². The van der Waals surface area contributed by atoms with Crippen LogP contribution in [-0.4, -0.2) is 36.0 Å². The normalized spacial score (nSPS) is 16.8. The van der Waals surface area contributed by atoms with Gasteiger partial charge in [-0.2, -0.15) is 5.10 Å². The second-order valence-electron chi connectivity index (χ2n) is 6.61. The average molecular weight is 390 g/mol.